The van der Waals surface area contributed by atoms with Crippen LogP contribution in [-0.4, -0.2) is 41.1 Å². The van der Waals surface area contributed by atoms with E-state index in [1.165, 1.54) is 32.1 Å². The van der Waals surface area contributed by atoms with Gasteiger partial charge in [-0.3, -0.25) is 4.79 Å². The topological polar surface area (TPSA) is 66.8 Å². The lowest BCUT2D eigenvalue weighted by Crippen LogP contribution is -2.40. The minimum atomic E-state index is -1.22. The van der Waals surface area contributed by atoms with E-state index >= 15 is 0 Å². The zero-order valence-corrected chi connectivity index (χ0v) is 21.0. The van der Waals surface area contributed by atoms with Crippen LogP contribution in [-0.2, 0) is 27.3 Å². The van der Waals surface area contributed by atoms with Gasteiger partial charge in [0.25, 0.3) is 0 Å². The molecule has 2 aromatic rings. The molecule has 180 valence electrons. The first-order valence-electron chi connectivity index (χ1n) is 12.1. The number of rotatable bonds is 11. The van der Waals surface area contributed by atoms with Crippen molar-refractivity contribution in [3.8, 4) is 11.1 Å². The molecule has 0 aliphatic heterocycles. The Morgan fingerprint density at radius 1 is 1.15 bits per heavy atom. The molecule has 6 heteroatoms. The van der Waals surface area contributed by atoms with Crippen molar-refractivity contribution in [2.24, 2.45) is 5.92 Å². The molecule has 1 amide bonds. The van der Waals surface area contributed by atoms with E-state index in [9.17, 15) is 14.7 Å². The van der Waals surface area contributed by atoms with Gasteiger partial charge in [-0.05, 0) is 54.3 Å². The Kier molecular flexibility index (Phi) is 9.10. The average Bonchev–Trinajstić information content (AvgIpc) is 3.27. The van der Waals surface area contributed by atoms with Crippen LogP contribution in [0.5, 0.6) is 0 Å². The smallest absolute Gasteiger partial charge is 0.336 e. The van der Waals surface area contributed by atoms with Crippen LogP contribution in [0.4, 0.5) is 0 Å². The predicted molar refractivity (Wildman–Crippen MR) is 133 cm³/mol. The number of carboxylic acids is 1. The van der Waals surface area contributed by atoms with E-state index in [0.29, 0.717) is 26.0 Å². The van der Waals surface area contributed by atoms with Gasteiger partial charge in [0, 0.05) is 31.4 Å². The van der Waals surface area contributed by atoms with Crippen molar-refractivity contribution in [2.45, 2.75) is 77.4 Å². The molecule has 1 heterocycles. The van der Waals surface area contributed by atoms with Crippen molar-refractivity contribution in [3.05, 3.63) is 46.2 Å². The molecule has 5 nitrogen and oxygen atoms in total. The van der Waals surface area contributed by atoms with Crippen molar-refractivity contribution in [2.75, 3.05) is 13.7 Å². The van der Waals surface area contributed by atoms with Crippen molar-refractivity contribution in [1.29, 1.82) is 0 Å². The minimum absolute atomic E-state index is 0.232. The fourth-order valence-electron chi connectivity index (χ4n) is 4.64. The third-order valence-electron chi connectivity index (χ3n) is 6.71. The normalized spacial score (nSPS) is 16.3. The Labute approximate surface area is 201 Å². The van der Waals surface area contributed by atoms with Gasteiger partial charge < -0.3 is 14.7 Å². The van der Waals surface area contributed by atoms with Gasteiger partial charge in [-0.15, -0.1) is 11.3 Å². The lowest BCUT2D eigenvalue weighted by atomic mass is 9.86. The van der Waals surface area contributed by atoms with Crippen LogP contribution in [0.3, 0.4) is 0 Å². The molecule has 1 aromatic heterocycles. The van der Waals surface area contributed by atoms with Gasteiger partial charge in [0.15, 0.2) is 5.60 Å². The van der Waals surface area contributed by atoms with Crippen LogP contribution >= 0.6 is 11.3 Å². The second-order valence-electron chi connectivity index (χ2n) is 9.44. The summed E-state index contributed by atoms with van der Waals surface area (Å²) in [6, 6.07) is 10.1. The highest BCUT2D eigenvalue weighted by molar-refractivity contribution is 7.10. The fourth-order valence-corrected chi connectivity index (χ4v) is 5.59. The number of hydrogen-bond acceptors (Lipinski definition) is 4. The summed E-state index contributed by atoms with van der Waals surface area (Å²) in [7, 11) is 1.90. The summed E-state index contributed by atoms with van der Waals surface area (Å²) in [5.41, 5.74) is 1.91. The van der Waals surface area contributed by atoms with Crippen LogP contribution in [0.15, 0.2) is 35.7 Å². The first-order chi connectivity index (χ1) is 15.8. The second-order valence-corrected chi connectivity index (χ2v) is 10.4. The number of benzene rings is 1. The van der Waals surface area contributed by atoms with Crippen molar-refractivity contribution >= 4 is 23.2 Å². The zero-order valence-electron chi connectivity index (χ0n) is 20.1. The Bertz CT molecular complexity index is 916. The molecule has 1 aliphatic rings. The Balaban J connectivity index is 1.54. The molecular formula is C27H37NO4S. The summed E-state index contributed by atoms with van der Waals surface area (Å²) in [4.78, 5) is 27.2. The summed E-state index contributed by atoms with van der Waals surface area (Å²) in [6.45, 7) is 4.42. The van der Waals surface area contributed by atoms with Gasteiger partial charge in [-0.2, -0.15) is 0 Å². The number of hydrogen-bond donors (Lipinski definition) is 1. The van der Waals surface area contributed by atoms with Crippen molar-refractivity contribution < 1.29 is 19.4 Å². The standard InChI is InChI=1S/C27H37NO4S/c1-4-32-27(2,26(30)31)17-21-10-13-22(14-11-21)23-16-24(33-19-23)18-28(3)25(29)15-12-20-8-6-5-7-9-20/h10-11,13-14,16,19-20H,4-9,12,15,17-18H2,1-3H3,(H,30,31). The molecule has 0 bridgehead atoms. The summed E-state index contributed by atoms with van der Waals surface area (Å²) < 4.78 is 5.49. The second kappa shape index (κ2) is 11.8. The van der Waals surface area contributed by atoms with Crippen LogP contribution < -0.4 is 0 Å². The van der Waals surface area contributed by atoms with Gasteiger partial charge in [-0.1, -0.05) is 56.4 Å². The van der Waals surface area contributed by atoms with Gasteiger partial charge in [0.2, 0.25) is 5.91 Å². The van der Waals surface area contributed by atoms with E-state index in [-0.39, 0.29) is 5.91 Å². The molecule has 1 unspecified atom stereocenters. The molecule has 0 spiro atoms. The van der Waals surface area contributed by atoms with E-state index in [4.69, 9.17) is 4.74 Å². The minimum Gasteiger partial charge on any atom is -0.479 e. The molecule has 1 N–H and O–H groups in total. The summed E-state index contributed by atoms with van der Waals surface area (Å²) in [6.07, 6.45) is 8.55. The number of carbonyl (C=O) groups is 2. The van der Waals surface area contributed by atoms with E-state index < -0.39 is 11.6 Å². The molecule has 1 aromatic carbocycles. The molecule has 1 aliphatic carbocycles. The van der Waals surface area contributed by atoms with Crippen LogP contribution in [0.25, 0.3) is 11.1 Å². The molecule has 0 saturated heterocycles. The molecule has 3 rings (SSSR count). The number of ether oxygens (including phenoxy) is 1. The average molecular weight is 472 g/mol. The number of nitrogens with zero attached hydrogens (tertiary/aromatic N) is 1. The maximum absolute atomic E-state index is 12.6. The zero-order chi connectivity index (χ0) is 23.8. The summed E-state index contributed by atoms with van der Waals surface area (Å²) >= 11 is 1.67. The molecule has 0 radical (unpaired) electrons. The number of aliphatic carboxylic acids is 1. The van der Waals surface area contributed by atoms with Crippen LogP contribution in [0, 0.1) is 5.92 Å². The number of carbonyl (C=O) groups excluding carboxylic acids is 1. The predicted octanol–water partition coefficient (Wildman–Crippen LogP) is 6.16. The third kappa shape index (κ3) is 7.15. The van der Waals surface area contributed by atoms with Gasteiger partial charge in [0.05, 0.1) is 6.54 Å². The Morgan fingerprint density at radius 2 is 1.85 bits per heavy atom. The summed E-state index contributed by atoms with van der Waals surface area (Å²) in [5.74, 6) is 0.0123. The van der Waals surface area contributed by atoms with E-state index in [1.807, 2.05) is 36.2 Å². The van der Waals surface area contributed by atoms with Crippen LogP contribution in [0.2, 0.25) is 0 Å². The largest absolute Gasteiger partial charge is 0.479 e. The molecule has 1 atom stereocenters. The summed E-state index contributed by atoms with van der Waals surface area (Å²) in [5, 5.41) is 11.6. The number of carboxylic acid groups (broad SMARTS) is 1. The molecule has 1 saturated carbocycles. The van der Waals surface area contributed by atoms with E-state index in [2.05, 4.69) is 11.4 Å². The van der Waals surface area contributed by atoms with Crippen LogP contribution in [0.1, 0.15) is 69.2 Å². The molecule has 33 heavy (non-hydrogen) atoms. The number of thiophene rings is 1. The third-order valence-corrected chi connectivity index (χ3v) is 7.63. The molecule has 1 fully saturated rings. The SMILES string of the molecule is CCOC(C)(Cc1ccc(-c2csc(CN(C)C(=O)CCC3CCCCC3)c2)cc1)C(=O)O. The fraction of sp³-hybridized carbons (Fsp3) is 0.556. The maximum Gasteiger partial charge on any atom is 0.336 e. The Hall–Kier alpha value is -2.18. The first-order valence-corrected chi connectivity index (χ1v) is 13.0. The highest BCUT2D eigenvalue weighted by Gasteiger charge is 2.34. The van der Waals surface area contributed by atoms with E-state index in [0.717, 1.165) is 33.9 Å². The lowest BCUT2D eigenvalue weighted by molar-refractivity contribution is -0.162. The first kappa shape index (κ1) is 25.4. The Morgan fingerprint density at radius 3 is 2.48 bits per heavy atom. The van der Waals surface area contributed by atoms with E-state index in [1.54, 1.807) is 25.2 Å². The molecular weight excluding hydrogens is 434 g/mol. The van der Waals surface area contributed by atoms with Gasteiger partial charge >= 0.3 is 5.97 Å². The quantitative estimate of drug-likeness (QED) is 0.426. The number of amides is 1. The highest BCUT2D eigenvalue weighted by Crippen LogP contribution is 2.29. The van der Waals surface area contributed by atoms with Gasteiger partial charge in [0.1, 0.15) is 0 Å². The highest BCUT2D eigenvalue weighted by atomic mass is 32.1. The van der Waals surface area contributed by atoms with Crippen molar-refractivity contribution in [3.63, 3.8) is 0 Å². The monoisotopic (exact) mass is 471 g/mol. The lowest BCUT2D eigenvalue weighted by Gasteiger charge is -2.24. The van der Waals surface area contributed by atoms with Crippen molar-refractivity contribution in [1.82, 2.24) is 4.90 Å². The van der Waals surface area contributed by atoms with Gasteiger partial charge in [-0.25, -0.2) is 4.79 Å². The maximum atomic E-state index is 12.6.